The van der Waals surface area contributed by atoms with Crippen molar-refractivity contribution in [2.75, 3.05) is 17.7 Å². The van der Waals surface area contributed by atoms with Gasteiger partial charge >= 0.3 is 0 Å². The number of amides is 1. The maximum absolute atomic E-state index is 12.2. The molecule has 0 fully saturated rings. The summed E-state index contributed by atoms with van der Waals surface area (Å²) in [5, 5.41) is 14.2. The van der Waals surface area contributed by atoms with Gasteiger partial charge in [-0.3, -0.25) is 14.2 Å². The van der Waals surface area contributed by atoms with Crippen LogP contribution in [0, 0.1) is 13.8 Å². The van der Waals surface area contributed by atoms with E-state index in [1.165, 1.54) is 0 Å². The van der Waals surface area contributed by atoms with Gasteiger partial charge in [0, 0.05) is 38.1 Å². The number of hydrogen-bond acceptors (Lipinski definition) is 6. The van der Waals surface area contributed by atoms with Gasteiger partial charge in [0.05, 0.1) is 17.5 Å². The van der Waals surface area contributed by atoms with Crippen LogP contribution in [0.1, 0.15) is 11.4 Å². The van der Waals surface area contributed by atoms with Crippen molar-refractivity contribution in [3.8, 4) is 11.4 Å². The normalized spacial score (nSPS) is 10.7. The number of carbonyl (C=O) groups is 1. The van der Waals surface area contributed by atoms with Gasteiger partial charge in [-0.1, -0.05) is 0 Å². The van der Waals surface area contributed by atoms with Crippen molar-refractivity contribution >= 4 is 17.5 Å². The first-order chi connectivity index (χ1) is 11.9. The van der Waals surface area contributed by atoms with Crippen LogP contribution in [0.25, 0.3) is 11.4 Å². The number of nitrogens with zero attached hydrogens (tertiary/aromatic N) is 6. The van der Waals surface area contributed by atoms with E-state index in [4.69, 9.17) is 0 Å². The lowest BCUT2D eigenvalue weighted by Gasteiger charge is -2.05. The Bertz CT molecular complexity index is 911. The van der Waals surface area contributed by atoms with E-state index in [9.17, 15) is 4.79 Å². The van der Waals surface area contributed by atoms with Gasteiger partial charge in [-0.2, -0.15) is 10.2 Å². The van der Waals surface area contributed by atoms with Crippen molar-refractivity contribution in [3.05, 3.63) is 35.9 Å². The van der Waals surface area contributed by atoms with Crippen LogP contribution < -0.4 is 10.6 Å². The van der Waals surface area contributed by atoms with Crippen LogP contribution in [0.15, 0.2) is 24.5 Å². The van der Waals surface area contributed by atoms with Gasteiger partial charge in [-0.05, 0) is 13.8 Å². The highest BCUT2D eigenvalue weighted by molar-refractivity contribution is 5.89. The molecule has 0 atom stereocenters. The zero-order valence-electron chi connectivity index (χ0n) is 14.6. The molecule has 0 aromatic carbocycles. The average molecular weight is 340 g/mol. The molecule has 0 spiro atoms. The fourth-order valence-corrected chi connectivity index (χ4v) is 2.45. The number of anilines is 2. The Morgan fingerprint density at radius 2 is 2.00 bits per heavy atom. The van der Waals surface area contributed by atoms with E-state index >= 15 is 0 Å². The summed E-state index contributed by atoms with van der Waals surface area (Å²) in [7, 11) is 3.59. The summed E-state index contributed by atoms with van der Waals surface area (Å²) in [6.45, 7) is 3.87. The molecule has 3 rings (SSSR count). The van der Waals surface area contributed by atoms with Gasteiger partial charge in [0.1, 0.15) is 18.2 Å². The van der Waals surface area contributed by atoms with E-state index in [0.717, 1.165) is 22.8 Å². The molecule has 25 heavy (non-hydrogen) atoms. The molecule has 0 unspecified atom stereocenters. The van der Waals surface area contributed by atoms with Gasteiger partial charge < -0.3 is 10.6 Å². The van der Waals surface area contributed by atoms with Gasteiger partial charge in [0.25, 0.3) is 0 Å². The molecule has 2 N–H and O–H groups in total. The summed E-state index contributed by atoms with van der Waals surface area (Å²) in [5.41, 5.74) is 2.45. The number of carbonyl (C=O) groups excluding carboxylic acids is 1. The molecular weight excluding hydrogens is 320 g/mol. The van der Waals surface area contributed by atoms with E-state index in [2.05, 4.69) is 30.8 Å². The van der Waals surface area contributed by atoms with Gasteiger partial charge in [0.15, 0.2) is 5.82 Å². The highest BCUT2D eigenvalue weighted by atomic mass is 16.2. The molecule has 0 radical (unpaired) electrons. The Kier molecular flexibility index (Phi) is 4.46. The Balaban J connectivity index is 1.72. The zero-order chi connectivity index (χ0) is 18.0. The number of rotatable bonds is 5. The summed E-state index contributed by atoms with van der Waals surface area (Å²) in [5.74, 6) is 1.77. The molecule has 3 heterocycles. The lowest BCUT2D eigenvalue weighted by molar-refractivity contribution is -0.116. The van der Waals surface area contributed by atoms with Crippen LogP contribution in [-0.2, 0) is 18.4 Å². The smallest absolute Gasteiger partial charge is 0.247 e. The fourth-order valence-electron chi connectivity index (χ4n) is 2.45. The number of aromatic nitrogens is 6. The summed E-state index contributed by atoms with van der Waals surface area (Å²) >= 11 is 0. The van der Waals surface area contributed by atoms with Crippen LogP contribution in [-0.4, -0.2) is 42.5 Å². The average Bonchev–Trinajstić information content (AvgIpc) is 3.13. The molecule has 130 valence electrons. The first-order valence-corrected chi connectivity index (χ1v) is 7.81. The standard InChI is InChI=1S/C16H20N8O/c1-10-5-13(17-3)20-16(19-10)12-7-18-24(8-12)9-15(25)21-14-6-11(2)22-23(14)4/h5-8H,9H2,1-4H3,(H,21,25)(H,17,19,20). The molecule has 1 amide bonds. The van der Waals surface area contributed by atoms with Crippen LogP contribution in [0.3, 0.4) is 0 Å². The van der Waals surface area contributed by atoms with Crippen LogP contribution >= 0.6 is 0 Å². The zero-order valence-corrected chi connectivity index (χ0v) is 14.6. The van der Waals surface area contributed by atoms with Gasteiger partial charge in [0.2, 0.25) is 5.91 Å². The van der Waals surface area contributed by atoms with E-state index in [0.29, 0.717) is 11.6 Å². The Hall–Kier alpha value is -3.23. The maximum Gasteiger partial charge on any atom is 0.247 e. The molecule has 9 nitrogen and oxygen atoms in total. The highest BCUT2D eigenvalue weighted by Crippen LogP contribution is 2.17. The first kappa shape index (κ1) is 16.6. The summed E-state index contributed by atoms with van der Waals surface area (Å²) in [4.78, 5) is 21.0. The second-order valence-electron chi connectivity index (χ2n) is 5.74. The summed E-state index contributed by atoms with van der Waals surface area (Å²) in [6.07, 6.45) is 3.40. The van der Waals surface area contributed by atoms with Crippen molar-refractivity contribution in [2.45, 2.75) is 20.4 Å². The van der Waals surface area contributed by atoms with Crippen LogP contribution in [0.2, 0.25) is 0 Å². The van der Waals surface area contributed by atoms with Crippen LogP contribution in [0.4, 0.5) is 11.6 Å². The molecule has 0 bridgehead atoms. The lowest BCUT2D eigenvalue weighted by Crippen LogP contribution is -2.20. The van der Waals surface area contributed by atoms with E-state index in [1.54, 1.807) is 35.9 Å². The second-order valence-corrected chi connectivity index (χ2v) is 5.74. The molecule has 9 heteroatoms. The number of hydrogen-bond donors (Lipinski definition) is 2. The molecule has 3 aromatic rings. The molecule has 0 saturated carbocycles. The quantitative estimate of drug-likeness (QED) is 0.727. The molecule has 3 aromatic heterocycles. The largest absolute Gasteiger partial charge is 0.373 e. The summed E-state index contributed by atoms with van der Waals surface area (Å²) < 4.78 is 3.18. The van der Waals surface area contributed by atoms with E-state index in [-0.39, 0.29) is 12.5 Å². The van der Waals surface area contributed by atoms with Crippen molar-refractivity contribution in [2.24, 2.45) is 7.05 Å². The molecule has 0 aliphatic rings. The number of aryl methyl sites for hydroxylation is 3. The predicted molar refractivity (Wildman–Crippen MR) is 94.1 cm³/mol. The predicted octanol–water partition coefficient (Wildman–Crippen LogP) is 1.37. The van der Waals surface area contributed by atoms with Crippen molar-refractivity contribution in [1.29, 1.82) is 0 Å². The Morgan fingerprint density at radius 1 is 1.20 bits per heavy atom. The second kappa shape index (κ2) is 6.71. The Labute approximate surface area is 145 Å². The minimum atomic E-state index is -0.182. The van der Waals surface area contributed by atoms with E-state index in [1.807, 2.05) is 26.0 Å². The molecular formula is C16H20N8O. The van der Waals surface area contributed by atoms with Gasteiger partial charge in [-0.25, -0.2) is 9.97 Å². The van der Waals surface area contributed by atoms with Crippen molar-refractivity contribution < 1.29 is 4.79 Å². The molecule has 0 aliphatic carbocycles. The molecule has 0 saturated heterocycles. The minimum absolute atomic E-state index is 0.0922. The van der Waals surface area contributed by atoms with Crippen molar-refractivity contribution in [3.63, 3.8) is 0 Å². The fraction of sp³-hybridized carbons (Fsp3) is 0.312. The maximum atomic E-state index is 12.2. The van der Waals surface area contributed by atoms with Crippen molar-refractivity contribution in [1.82, 2.24) is 29.5 Å². The monoisotopic (exact) mass is 340 g/mol. The third kappa shape index (κ3) is 3.82. The minimum Gasteiger partial charge on any atom is -0.373 e. The van der Waals surface area contributed by atoms with Crippen LogP contribution in [0.5, 0.6) is 0 Å². The third-order valence-corrected chi connectivity index (χ3v) is 3.58. The lowest BCUT2D eigenvalue weighted by atomic mass is 10.3. The summed E-state index contributed by atoms with van der Waals surface area (Å²) in [6, 6.07) is 3.67. The SMILES string of the molecule is CNc1cc(C)nc(-c2cnn(CC(=O)Nc3cc(C)nn3C)c2)n1. The van der Waals surface area contributed by atoms with Gasteiger partial charge in [-0.15, -0.1) is 0 Å². The molecule has 0 aliphatic heterocycles. The Morgan fingerprint density at radius 3 is 2.68 bits per heavy atom. The highest BCUT2D eigenvalue weighted by Gasteiger charge is 2.11. The first-order valence-electron chi connectivity index (χ1n) is 7.81. The van der Waals surface area contributed by atoms with E-state index < -0.39 is 0 Å². The topological polar surface area (TPSA) is 103 Å². The third-order valence-electron chi connectivity index (χ3n) is 3.58. The number of nitrogens with one attached hydrogen (secondary N) is 2.